The van der Waals surface area contributed by atoms with Crippen LogP contribution in [0.1, 0.15) is 39.1 Å². The Hall–Kier alpha value is -3.57. The number of aromatic carboxylic acids is 1. The zero-order chi connectivity index (χ0) is 30.1. The van der Waals surface area contributed by atoms with Crippen LogP contribution in [0.4, 0.5) is 10.1 Å². The van der Waals surface area contributed by atoms with Gasteiger partial charge in [0.2, 0.25) is 0 Å². The summed E-state index contributed by atoms with van der Waals surface area (Å²) in [5.41, 5.74) is 1.76. The van der Waals surface area contributed by atoms with Crippen molar-refractivity contribution >= 4 is 40.8 Å². The van der Waals surface area contributed by atoms with Crippen molar-refractivity contribution < 1.29 is 33.3 Å². The van der Waals surface area contributed by atoms with E-state index in [1.54, 1.807) is 36.4 Å². The number of anilines is 1. The number of rotatable bonds is 6. The molecular formula is C31H30Cl2FN3O6. The molecule has 2 N–H and O–H groups in total. The number of ether oxygens (including phenoxy) is 3. The fourth-order valence-electron chi connectivity index (χ4n) is 5.71. The van der Waals surface area contributed by atoms with Crippen LogP contribution >= 0.6 is 23.2 Å². The molecule has 3 heterocycles. The molecule has 0 radical (unpaired) electrons. The predicted molar refractivity (Wildman–Crippen MR) is 160 cm³/mol. The monoisotopic (exact) mass is 629 g/mol. The highest BCUT2D eigenvalue weighted by Gasteiger charge is 2.30. The minimum absolute atomic E-state index is 0.00116. The van der Waals surface area contributed by atoms with Gasteiger partial charge in [-0.05, 0) is 43.7 Å². The van der Waals surface area contributed by atoms with Crippen LogP contribution in [-0.4, -0.2) is 74.1 Å². The van der Waals surface area contributed by atoms with Crippen molar-refractivity contribution in [3.05, 3.63) is 75.0 Å². The molecule has 0 aromatic heterocycles. The van der Waals surface area contributed by atoms with Crippen LogP contribution in [0.25, 0.3) is 11.1 Å². The molecule has 1 amide bonds. The Bertz CT molecular complexity index is 1540. The molecule has 1 atom stereocenters. The Balaban J connectivity index is 1.26. The fraction of sp³-hybridized carbons (Fsp3) is 0.355. The lowest BCUT2D eigenvalue weighted by Crippen LogP contribution is -2.38. The second kappa shape index (κ2) is 12.6. The van der Waals surface area contributed by atoms with Gasteiger partial charge in [-0.15, -0.1) is 0 Å². The van der Waals surface area contributed by atoms with Gasteiger partial charge >= 0.3 is 5.97 Å². The number of nitrogens with zero attached hydrogens (tertiary/aromatic N) is 2. The Morgan fingerprint density at radius 2 is 1.84 bits per heavy atom. The Morgan fingerprint density at radius 1 is 1.07 bits per heavy atom. The van der Waals surface area contributed by atoms with Crippen LogP contribution in [0.5, 0.6) is 11.5 Å². The number of hydrogen-bond donors (Lipinski definition) is 2. The van der Waals surface area contributed by atoms with Gasteiger partial charge in [0.15, 0.2) is 6.73 Å². The minimum Gasteiger partial charge on any atom is -0.489 e. The van der Waals surface area contributed by atoms with Crippen LogP contribution in [0.2, 0.25) is 10.0 Å². The normalized spacial score (nSPS) is 18.5. The van der Waals surface area contributed by atoms with Gasteiger partial charge in [0.05, 0.1) is 46.6 Å². The van der Waals surface area contributed by atoms with Crippen molar-refractivity contribution in [3.63, 3.8) is 0 Å². The summed E-state index contributed by atoms with van der Waals surface area (Å²) in [5, 5.41) is 13.4. The number of amides is 1. The molecule has 3 aliphatic heterocycles. The highest BCUT2D eigenvalue weighted by Crippen LogP contribution is 2.41. The number of carboxylic acids is 1. The van der Waals surface area contributed by atoms with E-state index in [9.17, 15) is 14.7 Å². The van der Waals surface area contributed by atoms with Crippen molar-refractivity contribution in [2.75, 3.05) is 51.0 Å². The third-order valence-corrected chi connectivity index (χ3v) is 8.45. The van der Waals surface area contributed by atoms with Gasteiger partial charge in [0.25, 0.3) is 5.91 Å². The molecule has 6 rings (SSSR count). The smallest absolute Gasteiger partial charge is 0.337 e. The second-order valence-corrected chi connectivity index (χ2v) is 11.5. The maximum absolute atomic E-state index is 15.4. The first-order valence-electron chi connectivity index (χ1n) is 14.1. The summed E-state index contributed by atoms with van der Waals surface area (Å²) in [5.74, 6) is -1.39. The van der Waals surface area contributed by atoms with Crippen molar-refractivity contribution in [2.24, 2.45) is 0 Å². The SMILES string of the molecule is O=C(O)c1cc(F)c(-c2cccc3c2OCN(C(=O)c2c(Cl)cc(O[C@@H]4CCCNC4)cc2Cl)C3)cc1N1CCOCC1. The zero-order valence-corrected chi connectivity index (χ0v) is 24.7. The molecule has 3 aromatic rings. The number of nitrogens with one attached hydrogen (secondary N) is 1. The number of fused-ring (bicyclic) bond motifs is 1. The summed E-state index contributed by atoms with van der Waals surface area (Å²) in [6, 6.07) is 11.0. The number of morpholine rings is 1. The molecule has 2 fully saturated rings. The van der Waals surface area contributed by atoms with Gasteiger partial charge in [-0.25, -0.2) is 9.18 Å². The lowest BCUT2D eigenvalue weighted by Gasteiger charge is -2.32. The molecule has 0 spiro atoms. The third kappa shape index (κ3) is 6.10. The number of para-hydroxylation sites is 1. The third-order valence-electron chi connectivity index (χ3n) is 7.85. The van der Waals surface area contributed by atoms with Crippen molar-refractivity contribution in [2.45, 2.75) is 25.5 Å². The molecule has 12 heteroatoms. The van der Waals surface area contributed by atoms with E-state index in [1.807, 2.05) is 4.90 Å². The summed E-state index contributed by atoms with van der Waals surface area (Å²) in [7, 11) is 0. The van der Waals surface area contributed by atoms with Crippen LogP contribution in [-0.2, 0) is 11.3 Å². The highest BCUT2D eigenvalue weighted by atomic mass is 35.5. The summed E-state index contributed by atoms with van der Waals surface area (Å²) >= 11 is 13.1. The summed E-state index contributed by atoms with van der Waals surface area (Å²) in [6.45, 7) is 3.61. The standard InChI is InChI=1S/C31H30Cl2FN3O6/c32-24-11-20(43-19-4-2-6-35-15-19)12-25(33)28(24)30(38)37-16-18-3-1-5-21(29(18)42-17-37)22-14-27(36-7-9-41-10-8-36)23(31(39)40)13-26(22)34/h1,3,5,11-14,19,35H,2,4,6-10,15-17H2,(H,39,40)/t19-/m1/s1. The molecule has 2 saturated heterocycles. The van der Waals surface area contributed by atoms with Crippen LogP contribution < -0.4 is 19.7 Å². The topological polar surface area (TPSA) is 101 Å². The molecule has 226 valence electrons. The van der Waals surface area contributed by atoms with Gasteiger partial charge in [-0.3, -0.25) is 4.79 Å². The number of benzene rings is 3. The number of carboxylic acid groups (broad SMARTS) is 1. The van der Waals surface area contributed by atoms with Crippen LogP contribution in [0.3, 0.4) is 0 Å². The lowest BCUT2D eigenvalue weighted by molar-refractivity contribution is 0.0516. The Morgan fingerprint density at radius 3 is 2.53 bits per heavy atom. The van der Waals surface area contributed by atoms with Crippen molar-refractivity contribution in [1.29, 1.82) is 0 Å². The van der Waals surface area contributed by atoms with E-state index >= 15 is 4.39 Å². The van der Waals surface area contributed by atoms with Gasteiger partial charge in [-0.2, -0.15) is 0 Å². The largest absolute Gasteiger partial charge is 0.489 e. The molecule has 43 heavy (non-hydrogen) atoms. The molecule has 0 bridgehead atoms. The number of carbonyl (C=O) groups excluding carboxylic acids is 1. The number of hydrogen-bond acceptors (Lipinski definition) is 7. The first-order chi connectivity index (χ1) is 20.8. The average Bonchev–Trinajstić information content (AvgIpc) is 3.01. The van der Waals surface area contributed by atoms with E-state index in [1.165, 1.54) is 4.90 Å². The fourth-order valence-corrected chi connectivity index (χ4v) is 6.34. The van der Waals surface area contributed by atoms with Crippen LogP contribution in [0.15, 0.2) is 42.5 Å². The number of piperidine rings is 1. The average molecular weight is 630 g/mol. The number of carbonyl (C=O) groups is 2. The maximum atomic E-state index is 15.4. The Kier molecular flexibility index (Phi) is 8.63. The molecule has 9 nitrogen and oxygen atoms in total. The van der Waals surface area contributed by atoms with Gasteiger partial charge in [0, 0.05) is 36.3 Å². The van der Waals surface area contributed by atoms with Crippen molar-refractivity contribution in [3.8, 4) is 22.6 Å². The second-order valence-electron chi connectivity index (χ2n) is 10.7. The molecule has 0 saturated carbocycles. The number of halogens is 3. The predicted octanol–water partition coefficient (Wildman–Crippen LogP) is 5.46. The van der Waals surface area contributed by atoms with E-state index in [0.29, 0.717) is 54.6 Å². The molecule has 0 unspecified atom stereocenters. The molecule has 3 aromatic carbocycles. The quantitative estimate of drug-likeness (QED) is 0.371. The molecule has 3 aliphatic rings. The first-order valence-corrected chi connectivity index (χ1v) is 14.9. The van der Waals surface area contributed by atoms with Crippen LogP contribution in [0, 0.1) is 5.82 Å². The first kappa shape index (κ1) is 29.5. The van der Waals surface area contributed by atoms with E-state index in [-0.39, 0.29) is 46.1 Å². The summed E-state index contributed by atoms with van der Waals surface area (Å²) < 4.78 is 32.9. The van der Waals surface area contributed by atoms with E-state index in [2.05, 4.69) is 5.32 Å². The van der Waals surface area contributed by atoms with Gasteiger partial charge in [-0.1, -0.05) is 41.4 Å². The summed E-state index contributed by atoms with van der Waals surface area (Å²) in [4.78, 5) is 28.9. The Labute approximate surface area is 258 Å². The zero-order valence-electron chi connectivity index (χ0n) is 23.2. The molecular weight excluding hydrogens is 600 g/mol. The van der Waals surface area contributed by atoms with E-state index < -0.39 is 17.7 Å². The van der Waals surface area contributed by atoms with Gasteiger partial charge < -0.3 is 34.4 Å². The molecule has 0 aliphatic carbocycles. The van der Waals surface area contributed by atoms with Crippen molar-refractivity contribution in [1.82, 2.24) is 10.2 Å². The summed E-state index contributed by atoms with van der Waals surface area (Å²) in [6.07, 6.45) is 1.92. The van der Waals surface area contributed by atoms with E-state index in [4.69, 9.17) is 37.4 Å². The maximum Gasteiger partial charge on any atom is 0.337 e. The van der Waals surface area contributed by atoms with E-state index in [0.717, 1.165) is 32.0 Å². The lowest BCUT2D eigenvalue weighted by atomic mass is 9.97. The minimum atomic E-state index is -1.21. The highest BCUT2D eigenvalue weighted by molar-refractivity contribution is 6.39. The van der Waals surface area contributed by atoms with Gasteiger partial charge in [0.1, 0.15) is 23.4 Å².